The molecule has 1 amide bonds. The number of aromatic nitrogens is 1. The highest BCUT2D eigenvalue weighted by atomic mass is 16.5. The lowest BCUT2D eigenvalue weighted by Gasteiger charge is -2.29. The van der Waals surface area contributed by atoms with E-state index in [0.29, 0.717) is 26.3 Å². The maximum atomic E-state index is 12.4. The number of carbonyl (C=O) groups excluding carboxylic acids is 1. The van der Waals surface area contributed by atoms with Gasteiger partial charge in [-0.15, -0.1) is 0 Å². The van der Waals surface area contributed by atoms with E-state index in [2.05, 4.69) is 9.98 Å². The predicted molar refractivity (Wildman–Crippen MR) is 67.7 cm³/mol. The van der Waals surface area contributed by atoms with Gasteiger partial charge in [-0.1, -0.05) is 6.07 Å². The Kier molecular flexibility index (Phi) is 3.41. The fourth-order valence-electron chi connectivity index (χ4n) is 2.29. The summed E-state index contributed by atoms with van der Waals surface area (Å²) < 4.78 is 10.7. The minimum atomic E-state index is -0.512. The second-order valence-electron chi connectivity index (χ2n) is 4.48. The molecule has 0 saturated carbocycles. The number of morpholine rings is 1. The van der Waals surface area contributed by atoms with E-state index in [1.807, 2.05) is 12.1 Å². The van der Waals surface area contributed by atoms with Gasteiger partial charge >= 0.3 is 0 Å². The van der Waals surface area contributed by atoms with E-state index in [1.165, 1.54) is 6.40 Å². The highest BCUT2D eigenvalue weighted by Gasteiger charge is 2.37. The zero-order valence-corrected chi connectivity index (χ0v) is 10.4. The van der Waals surface area contributed by atoms with E-state index in [1.54, 1.807) is 17.3 Å². The van der Waals surface area contributed by atoms with Crippen molar-refractivity contribution in [2.24, 2.45) is 4.99 Å². The molecule has 3 heterocycles. The van der Waals surface area contributed by atoms with Crippen LogP contribution in [0.25, 0.3) is 0 Å². The molecule has 2 aliphatic heterocycles. The van der Waals surface area contributed by atoms with Gasteiger partial charge in [-0.25, -0.2) is 4.99 Å². The molecule has 0 bridgehead atoms. The molecule has 0 spiro atoms. The SMILES string of the molecule is O=C([C@H]1N=CO[C@@H]1c1cccnc1)N1CCOCC1. The van der Waals surface area contributed by atoms with E-state index in [4.69, 9.17) is 9.47 Å². The Morgan fingerprint density at radius 2 is 2.21 bits per heavy atom. The summed E-state index contributed by atoms with van der Waals surface area (Å²) in [6.45, 7) is 2.40. The van der Waals surface area contributed by atoms with Crippen molar-refractivity contribution in [1.29, 1.82) is 0 Å². The summed E-state index contributed by atoms with van der Waals surface area (Å²) in [7, 11) is 0. The van der Waals surface area contributed by atoms with E-state index in [-0.39, 0.29) is 12.0 Å². The average Bonchev–Trinajstić information content (AvgIpc) is 2.98. The first-order valence-corrected chi connectivity index (χ1v) is 6.30. The van der Waals surface area contributed by atoms with Crippen LogP contribution in [0.15, 0.2) is 29.5 Å². The Hall–Kier alpha value is -1.95. The van der Waals surface area contributed by atoms with Gasteiger partial charge in [0.2, 0.25) is 0 Å². The number of amides is 1. The van der Waals surface area contributed by atoms with Crippen LogP contribution in [0.4, 0.5) is 0 Å². The van der Waals surface area contributed by atoms with Crippen molar-refractivity contribution in [3.05, 3.63) is 30.1 Å². The normalized spacial score (nSPS) is 26.2. The van der Waals surface area contributed by atoms with E-state index >= 15 is 0 Å². The van der Waals surface area contributed by atoms with Gasteiger partial charge in [0.15, 0.2) is 18.5 Å². The number of aliphatic imine (C=N–C) groups is 1. The first kappa shape index (κ1) is 12.1. The first-order valence-electron chi connectivity index (χ1n) is 6.30. The third-order valence-corrected chi connectivity index (χ3v) is 3.30. The van der Waals surface area contributed by atoms with Gasteiger partial charge < -0.3 is 14.4 Å². The minimum Gasteiger partial charge on any atom is -0.473 e. The predicted octanol–water partition coefficient (Wildman–Crippen LogP) is 0.409. The number of hydrogen-bond donors (Lipinski definition) is 0. The quantitative estimate of drug-likeness (QED) is 0.773. The molecule has 1 saturated heterocycles. The van der Waals surface area contributed by atoms with Crippen molar-refractivity contribution in [3.8, 4) is 0 Å². The molecular formula is C13H15N3O3. The topological polar surface area (TPSA) is 64.0 Å². The molecular weight excluding hydrogens is 246 g/mol. The van der Waals surface area contributed by atoms with Crippen molar-refractivity contribution in [2.75, 3.05) is 26.3 Å². The van der Waals surface area contributed by atoms with E-state index in [9.17, 15) is 4.79 Å². The Morgan fingerprint density at radius 3 is 2.95 bits per heavy atom. The third kappa shape index (κ3) is 2.44. The highest BCUT2D eigenvalue weighted by Crippen LogP contribution is 2.27. The standard InChI is InChI=1S/C13H15N3O3/c17-13(16-4-6-18-7-5-16)11-12(19-9-15-11)10-2-1-3-14-8-10/h1-3,8-9,11-12H,4-7H2/t11-,12+/m0/s1. The first-order chi connectivity index (χ1) is 9.36. The summed E-state index contributed by atoms with van der Waals surface area (Å²) in [6.07, 6.45) is 4.39. The summed E-state index contributed by atoms with van der Waals surface area (Å²) in [5.74, 6) is -0.00842. The van der Waals surface area contributed by atoms with Gasteiger partial charge in [0.25, 0.3) is 5.91 Å². The molecule has 2 aliphatic rings. The Bertz CT molecular complexity index is 471. The van der Waals surface area contributed by atoms with Crippen LogP contribution in [0, 0.1) is 0 Å². The molecule has 0 radical (unpaired) electrons. The Labute approximate surface area is 111 Å². The van der Waals surface area contributed by atoms with Crippen LogP contribution in [0.1, 0.15) is 11.7 Å². The van der Waals surface area contributed by atoms with Crippen LogP contribution >= 0.6 is 0 Å². The smallest absolute Gasteiger partial charge is 0.251 e. The van der Waals surface area contributed by atoms with Gasteiger partial charge in [-0.2, -0.15) is 0 Å². The Morgan fingerprint density at radius 1 is 1.37 bits per heavy atom. The second kappa shape index (κ2) is 5.36. The molecule has 6 heteroatoms. The number of carbonyl (C=O) groups is 1. The minimum absolute atomic E-state index is 0.00842. The number of nitrogens with zero attached hydrogens (tertiary/aromatic N) is 3. The third-order valence-electron chi connectivity index (χ3n) is 3.30. The molecule has 6 nitrogen and oxygen atoms in total. The van der Waals surface area contributed by atoms with Crippen molar-refractivity contribution in [1.82, 2.24) is 9.88 Å². The number of ether oxygens (including phenoxy) is 2. The fraction of sp³-hybridized carbons (Fsp3) is 0.462. The van der Waals surface area contributed by atoms with Crippen molar-refractivity contribution < 1.29 is 14.3 Å². The van der Waals surface area contributed by atoms with Crippen LogP contribution in [0.3, 0.4) is 0 Å². The van der Waals surface area contributed by atoms with Crippen LogP contribution in [0.5, 0.6) is 0 Å². The molecule has 0 unspecified atom stereocenters. The van der Waals surface area contributed by atoms with Gasteiger partial charge in [0.05, 0.1) is 13.2 Å². The van der Waals surface area contributed by atoms with Crippen LogP contribution < -0.4 is 0 Å². The molecule has 19 heavy (non-hydrogen) atoms. The molecule has 1 aromatic heterocycles. The summed E-state index contributed by atoms with van der Waals surface area (Å²) in [4.78, 5) is 22.4. The molecule has 0 aliphatic carbocycles. The van der Waals surface area contributed by atoms with Crippen molar-refractivity contribution in [2.45, 2.75) is 12.1 Å². The number of rotatable bonds is 2. The summed E-state index contributed by atoms with van der Waals surface area (Å²) >= 11 is 0. The lowest BCUT2D eigenvalue weighted by molar-refractivity contribution is -0.138. The van der Waals surface area contributed by atoms with Crippen LogP contribution in [0.2, 0.25) is 0 Å². The van der Waals surface area contributed by atoms with Crippen molar-refractivity contribution >= 4 is 12.3 Å². The van der Waals surface area contributed by atoms with Gasteiger partial charge in [0, 0.05) is 31.0 Å². The summed E-state index contributed by atoms with van der Waals surface area (Å²) in [6, 6.07) is 3.21. The molecule has 1 fully saturated rings. The number of pyridine rings is 1. The molecule has 100 valence electrons. The van der Waals surface area contributed by atoms with Crippen molar-refractivity contribution in [3.63, 3.8) is 0 Å². The van der Waals surface area contributed by atoms with Gasteiger partial charge in [0.1, 0.15) is 0 Å². The van der Waals surface area contributed by atoms with E-state index in [0.717, 1.165) is 5.56 Å². The van der Waals surface area contributed by atoms with Gasteiger partial charge in [-0.05, 0) is 6.07 Å². The Balaban J connectivity index is 1.75. The average molecular weight is 261 g/mol. The second-order valence-corrected chi connectivity index (χ2v) is 4.48. The zero-order chi connectivity index (χ0) is 13.1. The summed E-state index contributed by atoms with van der Waals surface area (Å²) in [5.41, 5.74) is 0.867. The largest absolute Gasteiger partial charge is 0.473 e. The molecule has 0 aromatic carbocycles. The van der Waals surface area contributed by atoms with Crippen LogP contribution in [-0.4, -0.2) is 54.5 Å². The molecule has 0 N–H and O–H groups in total. The lowest BCUT2D eigenvalue weighted by atomic mass is 10.0. The molecule has 1 aromatic rings. The number of hydrogen-bond acceptors (Lipinski definition) is 5. The zero-order valence-electron chi connectivity index (χ0n) is 10.4. The lowest BCUT2D eigenvalue weighted by Crippen LogP contribution is -2.46. The highest BCUT2D eigenvalue weighted by molar-refractivity contribution is 5.85. The fourth-order valence-corrected chi connectivity index (χ4v) is 2.29. The summed E-state index contributed by atoms with van der Waals surface area (Å²) in [5, 5.41) is 0. The van der Waals surface area contributed by atoms with Gasteiger partial charge in [-0.3, -0.25) is 9.78 Å². The maximum Gasteiger partial charge on any atom is 0.251 e. The molecule has 2 atom stereocenters. The maximum absolute atomic E-state index is 12.4. The molecule has 3 rings (SSSR count). The van der Waals surface area contributed by atoms with Crippen LogP contribution in [-0.2, 0) is 14.3 Å². The monoisotopic (exact) mass is 261 g/mol. The van der Waals surface area contributed by atoms with E-state index < -0.39 is 6.04 Å².